The van der Waals surface area contributed by atoms with Crippen LogP contribution in [-0.4, -0.2) is 27.6 Å². The van der Waals surface area contributed by atoms with E-state index in [0.29, 0.717) is 16.6 Å². The lowest BCUT2D eigenvalue weighted by molar-refractivity contribution is -0.385. The number of carbonyl (C=O) groups excluding carboxylic acids is 1. The molecular formula is C17H13ClN4O4S. The molecule has 138 valence electrons. The van der Waals surface area contributed by atoms with E-state index in [2.05, 4.69) is 15.5 Å². The monoisotopic (exact) mass is 404 g/mol. The molecule has 0 radical (unpaired) electrons. The minimum absolute atomic E-state index is 0.0262. The lowest BCUT2D eigenvalue weighted by Crippen LogP contribution is -2.20. The Morgan fingerprint density at radius 2 is 1.93 bits per heavy atom. The number of hydrogen-bond donors (Lipinski definition) is 1. The highest BCUT2D eigenvalue weighted by atomic mass is 35.5. The first kappa shape index (κ1) is 18.7. The summed E-state index contributed by atoms with van der Waals surface area (Å²) in [5, 5.41) is 23.2. The molecule has 1 aromatic heterocycles. The van der Waals surface area contributed by atoms with Crippen molar-refractivity contribution in [3.63, 3.8) is 0 Å². The summed E-state index contributed by atoms with van der Waals surface area (Å²) in [7, 11) is 0. The van der Waals surface area contributed by atoms with Gasteiger partial charge in [0.1, 0.15) is 5.01 Å². The summed E-state index contributed by atoms with van der Waals surface area (Å²) in [6, 6.07) is 13.2. The summed E-state index contributed by atoms with van der Waals surface area (Å²) >= 11 is 7.09. The molecule has 0 aliphatic carbocycles. The van der Waals surface area contributed by atoms with Gasteiger partial charge in [-0.25, -0.2) is 0 Å². The van der Waals surface area contributed by atoms with Gasteiger partial charge in [0, 0.05) is 17.5 Å². The summed E-state index contributed by atoms with van der Waals surface area (Å²) in [5.74, 6) is -0.458. The molecule has 8 nitrogen and oxygen atoms in total. The molecule has 2 aromatic carbocycles. The zero-order valence-electron chi connectivity index (χ0n) is 13.8. The number of carbonyl (C=O) groups is 1. The average Bonchev–Trinajstić information content (AvgIpc) is 3.09. The van der Waals surface area contributed by atoms with Crippen molar-refractivity contribution in [2.45, 2.75) is 6.42 Å². The topological polar surface area (TPSA) is 107 Å². The SMILES string of the molecule is O=C(COc1ccccc1[N+](=O)[O-])Nc1nnc(Cc2ccc(Cl)cc2)s1. The third-order valence-corrected chi connectivity index (χ3v) is 4.49. The first-order valence-corrected chi connectivity index (χ1v) is 8.93. The van der Waals surface area contributed by atoms with Gasteiger partial charge in [-0.3, -0.25) is 20.2 Å². The molecule has 3 aromatic rings. The van der Waals surface area contributed by atoms with Crippen molar-refractivity contribution in [3.05, 3.63) is 74.2 Å². The predicted molar refractivity (Wildman–Crippen MR) is 101 cm³/mol. The van der Waals surface area contributed by atoms with Gasteiger partial charge >= 0.3 is 5.69 Å². The van der Waals surface area contributed by atoms with Crippen LogP contribution < -0.4 is 10.1 Å². The van der Waals surface area contributed by atoms with Gasteiger partial charge in [0.2, 0.25) is 5.13 Å². The van der Waals surface area contributed by atoms with E-state index < -0.39 is 10.8 Å². The fourth-order valence-corrected chi connectivity index (χ4v) is 3.10. The molecule has 0 saturated heterocycles. The Balaban J connectivity index is 1.55. The van der Waals surface area contributed by atoms with E-state index in [-0.39, 0.29) is 18.0 Å². The van der Waals surface area contributed by atoms with E-state index >= 15 is 0 Å². The Bertz CT molecular complexity index is 962. The fraction of sp³-hybridized carbons (Fsp3) is 0.118. The number of benzene rings is 2. The second-order valence-corrected chi connectivity index (χ2v) is 6.86. The average molecular weight is 405 g/mol. The molecule has 0 fully saturated rings. The van der Waals surface area contributed by atoms with Crippen LogP contribution in [0.2, 0.25) is 5.02 Å². The normalized spacial score (nSPS) is 10.4. The Morgan fingerprint density at radius 3 is 2.67 bits per heavy atom. The number of para-hydroxylation sites is 2. The number of aromatic nitrogens is 2. The molecule has 0 bridgehead atoms. The highest BCUT2D eigenvalue weighted by Crippen LogP contribution is 2.26. The van der Waals surface area contributed by atoms with E-state index in [1.807, 2.05) is 12.1 Å². The van der Waals surface area contributed by atoms with Crippen LogP contribution in [-0.2, 0) is 11.2 Å². The number of nitrogens with zero attached hydrogens (tertiary/aromatic N) is 3. The zero-order chi connectivity index (χ0) is 19.2. The highest BCUT2D eigenvalue weighted by Gasteiger charge is 2.15. The van der Waals surface area contributed by atoms with E-state index in [1.165, 1.54) is 29.5 Å². The van der Waals surface area contributed by atoms with Gasteiger partial charge in [-0.15, -0.1) is 10.2 Å². The molecule has 1 heterocycles. The number of ether oxygens (including phenoxy) is 1. The van der Waals surface area contributed by atoms with Crippen LogP contribution in [0.4, 0.5) is 10.8 Å². The standard InChI is InChI=1S/C17H13ClN4O4S/c18-12-7-5-11(6-8-12)9-16-20-21-17(27-16)19-15(23)10-26-14-4-2-1-3-13(14)22(24)25/h1-8H,9-10H2,(H,19,21,23). The van der Waals surface area contributed by atoms with Gasteiger partial charge in [0.15, 0.2) is 12.4 Å². The molecule has 0 unspecified atom stereocenters. The van der Waals surface area contributed by atoms with Gasteiger partial charge < -0.3 is 4.74 Å². The van der Waals surface area contributed by atoms with E-state index in [0.717, 1.165) is 10.6 Å². The lowest BCUT2D eigenvalue weighted by Gasteiger charge is -2.05. The molecule has 0 aliphatic heterocycles. The summed E-state index contributed by atoms with van der Waals surface area (Å²) < 4.78 is 5.24. The first-order valence-electron chi connectivity index (χ1n) is 7.74. The van der Waals surface area contributed by atoms with Gasteiger partial charge in [-0.05, 0) is 23.8 Å². The Kier molecular flexibility index (Phi) is 5.94. The molecule has 27 heavy (non-hydrogen) atoms. The van der Waals surface area contributed by atoms with Crippen molar-refractivity contribution in [3.8, 4) is 5.75 Å². The van der Waals surface area contributed by atoms with E-state index in [1.54, 1.807) is 18.2 Å². The summed E-state index contributed by atoms with van der Waals surface area (Å²) in [4.78, 5) is 22.4. The van der Waals surface area contributed by atoms with Crippen molar-refractivity contribution in [2.24, 2.45) is 0 Å². The predicted octanol–water partition coefficient (Wildman–Crippen LogP) is 3.71. The van der Waals surface area contributed by atoms with Gasteiger partial charge in [-0.2, -0.15) is 0 Å². The molecule has 0 spiro atoms. The fourth-order valence-electron chi connectivity index (χ4n) is 2.18. The van der Waals surface area contributed by atoms with Crippen LogP contribution >= 0.6 is 22.9 Å². The van der Waals surface area contributed by atoms with Crippen LogP contribution in [0.15, 0.2) is 48.5 Å². The maximum absolute atomic E-state index is 12.0. The number of hydrogen-bond acceptors (Lipinski definition) is 7. The third kappa shape index (κ3) is 5.22. The molecule has 3 rings (SSSR count). The number of anilines is 1. The second kappa shape index (κ2) is 8.56. The molecule has 10 heteroatoms. The number of nitro groups is 1. The minimum atomic E-state index is -0.568. The molecule has 1 N–H and O–H groups in total. The van der Waals surface area contributed by atoms with Crippen molar-refractivity contribution < 1.29 is 14.5 Å². The van der Waals surface area contributed by atoms with E-state index in [4.69, 9.17) is 16.3 Å². The molecular weight excluding hydrogens is 392 g/mol. The number of nitro benzene ring substituents is 1. The summed E-state index contributed by atoms with van der Waals surface area (Å²) in [6.45, 7) is -0.378. The quantitative estimate of drug-likeness (QED) is 0.475. The van der Waals surface area contributed by atoms with Gasteiger partial charge in [0.05, 0.1) is 4.92 Å². The zero-order valence-corrected chi connectivity index (χ0v) is 15.4. The Morgan fingerprint density at radius 1 is 1.19 bits per heavy atom. The summed E-state index contributed by atoms with van der Waals surface area (Å²) in [5.41, 5.74) is 0.819. The number of nitrogens with one attached hydrogen (secondary N) is 1. The first-order chi connectivity index (χ1) is 13.0. The maximum atomic E-state index is 12.0. The highest BCUT2D eigenvalue weighted by molar-refractivity contribution is 7.15. The molecule has 0 atom stereocenters. The second-order valence-electron chi connectivity index (χ2n) is 5.37. The van der Waals surface area contributed by atoms with Crippen molar-refractivity contribution in [1.29, 1.82) is 0 Å². The molecule has 1 amide bonds. The smallest absolute Gasteiger partial charge is 0.310 e. The number of halogens is 1. The van der Waals surface area contributed by atoms with Crippen molar-refractivity contribution in [1.82, 2.24) is 10.2 Å². The number of amides is 1. The minimum Gasteiger partial charge on any atom is -0.477 e. The van der Waals surface area contributed by atoms with E-state index in [9.17, 15) is 14.9 Å². The Hall–Kier alpha value is -3.04. The van der Waals surface area contributed by atoms with Crippen LogP contribution in [0.25, 0.3) is 0 Å². The van der Waals surface area contributed by atoms with Gasteiger partial charge in [-0.1, -0.05) is 47.2 Å². The van der Waals surface area contributed by atoms with Crippen molar-refractivity contribution >= 4 is 39.7 Å². The summed E-state index contributed by atoms with van der Waals surface area (Å²) in [6.07, 6.45) is 0.567. The van der Waals surface area contributed by atoms with Crippen molar-refractivity contribution in [2.75, 3.05) is 11.9 Å². The van der Waals surface area contributed by atoms with Crippen LogP contribution in [0.1, 0.15) is 10.6 Å². The maximum Gasteiger partial charge on any atom is 0.310 e. The van der Waals surface area contributed by atoms with Crippen LogP contribution in [0, 0.1) is 10.1 Å². The van der Waals surface area contributed by atoms with Gasteiger partial charge in [0.25, 0.3) is 5.91 Å². The molecule has 0 aliphatic rings. The molecule has 0 saturated carbocycles. The third-order valence-electron chi connectivity index (χ3n) is 3.40. The largest absolute Gasteiger partial charge is 0.477 e. The number of rotatable bonds is 7. The lowest BCUT2D eigenvalue weighted by atomic mass is 10.2. The van der Waals surface area contributed by atoms with Crippen LogP contribution in [0.5, 0.6) is 5.75 Å². The Labute approximate surface area is 162 Å². The van der Waals surface area contributed by atoms with Crippen LogP contribution in [0.3, 0.4) is 0 Å².